The summed E-state index contributed by atoms with van der Waals surface area (Å²) in [6, 6.07) is 2.13. The van der Waals surface area contributed by atoms with Crippen molar-refractivity contribution in [2.24, 2.45) is 0 Å². The third kappa shape index (κ3) is 4.93. The summed E-state index contributed by atoms with van der Waals surface area (Å²) in [5, 5.41) is 0. The summed E-state index contributed by atoms with van der Waals surface area (Å²) in [5.41, 5.74) is 1.13. The minimum absolute atomic E-state index is 0.322. The highest BCUT2D eigenvalue weighted by Gasteiger charge is 2.18. The fourth-order valence-electron chi connectivity index (χ4n) is 2.57. The molecule has 2 rings (SSSR count). The molecule has 0 atom stereocenters. The van der Waals surface area contributed by atoms with E-state index in [1.807, 2.05) is 6.92 Å². The van der Waals surface area contributed by atoms with Crippen LogP contribution >= 0.6 is 0 Å². The Labute approximate surface area is 128 Å². The van der Waals surface area contributed by atoms with Gasteiger partial charge in [0.15, 0.2) is 0 Å². The Hall–Kier alpha value is -1.20. The zero-order valence-electron chi connectivity index (χ0n) is 13.8. The molecule has 1 saturated heterocycles. The summed E-state index contributed by atoms with van der Waals surface area (Å²) >= 11 is 0. The molecule has 0 saturated carbocycles. The van der Waals surface area contributed by atoms with Gasteiger partial charge >= 0.3 is 0 Å². The van der Waals surface area contributed by atoms with Gasteiger partial charge in [0.2, 0.25) is 0 Å². The first-order valence-corrected chi connectivity index (χ1v) is 8.02. The molecule has 118 valence electrons. The number of hydrogen-bond donors (Lipinski definition) is 0. The molecule has 5 nitrogen and oxygen atoms in total. The Kier molecular flexibility index (Phi) is 5.94. The highest BCUT2D eigenvalue weighted by Crippen LogP contribution is 2.15. The lowest BCUT2D eigenvalue weighted by Gasteiger charge is -2.35. The second-order valence-electron chi connectivity index (χ2n) is 5.87. The molecule has 0 radical (unpaired) electrons. The van der Waals surface area contributed by atoms with Crippen LogP contribution in [0.5, 0.6) is 0 Å². The first kappa shape index (κ1) is 16.2. The summed E-state index contributed by atoms with van der Waals surface area (Å²) in [6.07, 6.45) is 1.28. The van der Waals surface area contributed by atoms with Crippen LogP contribution in [0.3, 0.4) is 0 Å². The van der Waals surface area contributed by atoms with Gasteiger partial charge in [0.1, 0.15) is 11.6 Å². The average molecular weight is 292 g/mol. The van der Waals surface area contributed by atoms with Crippen molar-refractivity contribution in [1.82, 2.24) is 14.9 Å². The molecule has 2 heterocycles. The molecule has 0 N–H and O–H groups in total. The van der Waals surface area contributed by atoms with Crippen molar-refractivity contribution in [1.29, 1.82) is 0 Å². The number of aromatic nitrogens is 2. The number of hydrogen-bond acceptors (Lipinski definition) is 5. The van der Waals surface area contributed by atoms with Gasteiger partial charge in [-0.05, 0) is 27.2 Å². The third-order valence-corrected chi connectivity index (χ3v) is 3.79. The molecular weight excluding hydrogens is 264 g/mol. The highest BCUT2D eigenvalue weighted by atomic mass is 16.5. The number of rotatable bonds is 6. The molecule has 1 aliphatic heterocycles. The number of anilines is 1. The Bertz CT molecular complexity index is 442. The maximum atomic E-state index is 5.63. The summed E-state index contributed by atoms with van der Waals surface area (Å²) in [7, 11) is 0. The lowest BCUT2D eigenvalue weighted by molar-refractivity contribution is 0.0578. The number of piperazine rings is 1. The Morgan fingerprint density at radius 2 is 1.90 bits per heavy atom. The van der Waals surface area contributed by atoms with Crippen molar-refractivity contribution in [2.75, 3.05) is 44.2 Å². The van der Waals surface area contributed by atoms with E-state index in [2.05, 4.69) is 46.6 Å². The molecule has 0 amide bonds. The molecule has 1 aromatic heterocycles. The van der Waals surface area contributed by atoms with Crippen LogP contribution in [0.2, 0.25) is 0 Å². The molecule has 0 aromatic carbocycles. The van der Waals surface area contributed by atoms with Crippen LogP contribution in [-0.4, -0.2) is 60.3 Å². The maximum absolute atomic E-state index is 5.63. The van der Waals surface area contributed by atoms with Gasteiger partial charge in [-0.2, -0.15) is 0 Å². The first-order valence-electron chi connectivity index (χ1n) is 8.02. The van der Waals surface area contributed by atoms with Crippen LogP contribution < -0.4 is 4.90 Å². The topological polar surface area (TPSA) is 41.5 Å². The van der Waals surface area contributed by atoms with Crippen LogP contribution in [0.25, 0.3) is 0 Å². The second kappa shape index (κ2) is 7.71. The van der Waals surface area contributed by atoms with Gasteiger partial charge in [0.05, 0.1) is 12.7 Å². The van der Waals surface area contributed by atoms with Gasteiger partial charge in [-0.1, -0.05) is 6.92 Å². The maximum Gasteiger partial charge on any atom is 0.132 e. The number of nitrogens with zero attached hydrogens (tertiary/aromatic N) is 4. The molecule has 0 spiro atoms. The predicted octanol–water partition coefficient (Wildman–Crippen LogP) is 1.89. The van der Waals surface area contributed by atoms with E-state index in [-0.39, 0.29) is 0 Å². The van der Waals surface area contributed by atoms with Crippen molar-refractivity contribution in [3.8, 4) is 0 Å². The lowest BCUT2D eigenvalue weighted by atomic mass is 10.2. The summed E-state index contributed by atoms with van der Waals surface area (Å²) in [5.74, 6) is 1.95. The van der Waals surface area contributed by atoms with E-state index in [1.165, 1.54) is 0 Å². The molecular formula is C16H28N4O. The van der Waals surface area contributed by atoms with Crippen LogP contribution in [0.15, 0.2) is 6.07 Å². The predicted molar refractivity (Wildman–Crippen MR) is 85.9 cm³/mol. The van der Waals surface area contributed by atoms with Crippen molar-refractivity contribution in [3.05, 3.63) is 17.6 Å². The quantitative estimate of drug-likeness (QED) is 0.801. The Balaban J connectivity index is 1.84. The van der Waals surface area contributed by atoms with Gasteiger partial charge < -0.3 is 9.64 Å². The van der Waals surface area contributed by atoms with E-state index in [0.717, 1.165) is 63.1 Å². The SMILES string of the molecule is CCc1cc(N2CCN(CCOC(C)C)CC2)nc(C)n1. The van der Waals surface area contributed by atoms with Gasteiger partial charge in [-0.3, -0.25) is 4.90 Å². The fraction of sp³-hybridized carbons (Fsp3) is 0.750. The van der Waals surface area contributed by atoms with Crippen molar-refractivity contribution in [2.45, 2.75) is 40.2 Å². The first-order chi connectivity index (χ1) is 10.1. The lowest BCUT2D eigenvalue weighted by Crippen LogP contribution is -2.47. The van der Waals surface area contributed by atoms with Gasteiger partial charge in [-0.25, -0.2) is 9.97 Å². The Morgan fingerprint density at radius 3 is 2.52 bits per heavy atom. The molecule has 1 fully saturated rings. The number of aryl methyl sites for hydroxylation is 2. The minimum Gasteiger partial charge on any atom is -0.377 e. The molecule has 0 bridgehead atoms. The normalized spacial score (nSPS) is 16.7. The fourth-order valence-corrected chi connectivity index (χ4v) is 2.57. The zero-order valence-corrected chi connectivity index (χ0v) is 13.8. The second-order valence-corrected chi connectivity index (χ2v) is 5.87. The van der Waals surface area contributed by atoms with Crippen LogP contribution in [0.4, 0.5) is 5.82 Å². The van der Waals surface area contributed by atoms with Gasteiger partial charge in [0.25, 0.3) is 0 Å². The van der Waals surface area contributed by atoms with E-state index >= 15 is 0 Å². The van der Waals surface area contributed by atoms with Gasteiger partial charge in [0, 0.05) is 44.5 Å². The van der Waals surface area contributed by atoms with Crippen LogP contribution in [0.1, 0.15) is 32.3 Å². The number of ether oxygens (including phenoxy) is 1. The van der Waals surface area contributed by atoms with E-state index < -0.39 is 0 Å². The highest BCUT2D eigenvalue weighted by molar-refractivity contribution is 5.40. The molecule has 1 aliphatic rings. The minimum atomic E-state index is 0.322. The monoisotopic (exact) mass is 292 g/mol. The summed E-state index contributed by atoms with van der Waals surface area (Å²) in [6.45, 7) is 14.3. The average Bonchev–Trinajstić information content (AvgIpc) is 2.47. The molecule has 0 aliphatic carbocycles. The standard InChI is InChI=1S/C16H28N4O/c1-5-15-12-16(18-14(4)17-15)20-8-6-19(7-9-20)10-11-21-13(2)3/h12-13H,5-11H2,1-4H3. The Morgan fingerprint density at radius 1 is 1.19 bits per heavy atom. The molecule has 5 heteroatoms. The summed E-state index contributed by atoms with van der Waals surface area (Å²) < 4.78 is 5.63. The van der Waals surface area contributed by atoms with Crippen molar-refractivity contribution < 1.29 is 4.74 Å². The smallest absolute Gasteiger partial charge is 0.132 e. The molecule has 0 unspecified atom stereocenters. The van der Waals surface area contributed by atoms with E-state index in [4.69, 9.17) is 4.74 Å². The molecule has 1 aromatic rings. The van der Waals surface area contributed by atoms with Gasteiger partial charge in [-0.15, -0.1) is 0 Å². The van der Waals surface area contributed by atoms with E-state index in [1.54, 1.807) is 0 Å². The van der Waals surface area contributed by atoms with Crippen LogP contribution in [-0.2, 0) is 11.2 Å². The van der Waals surface area contributed by atoms with Crippen LogP contribution in [0, 0.1) is 6.92 Å². The largest absolute Gasteiger partial charge is 0.377 e. The van der Waals surface area contributed by atoms with E-state index in [0.29, 0.717) is 6.10 Å². The zero-order chi connectivity index (χ0) is 15.2. The summed E-state index contributed by atoms with van der Waals surface area (Å²) in [4.78, 5) is 13.9. The molecule has 21 heavy (non-hydrogen) atoms. The third-order valence-electron chi connectivity index (χ3n) is 3.79. The van der Waals surface area contributed by atoms with Crippen molar-refractivity contribution >= 4 is 5.82 Å². The van der Waals surface area contributed by atoms with Crippen molar-refractivity contribution in [3.63, 3.8) is 0 Å². The van der Waals surface area contributed by atoms with E-state index in [9.17, 15) is 0 Å².